The summed E-state index contributed by atoms with van der Waals surface area (Å²) in [4.78, 5) is 39.7. The van der Waals surface area contributed by atoms with E-state index in [-0.39, 0.29) is 30.8 Å². The SMILES string of the molecule is CCCCCCCCCCCCCC(=O)O[C@H]1CC[C@H](NC(=O)[C@H](OC)[C@H](O)[C@@H](O)[C@H](O)/C=C/C(C)C)C(=O)N(C)C1. The van der Waals surface area contributed by atoms with Crippen molar-refractivity contribution in [1.29, 1.82) is 0 Å². The van der Waals surface area contributed by atoms with Crippen molar-refractivity contribution in [2.45, 2.75) is 147 Å². The third kappa shape index (κ3) is 14.9. The highest BCUT2D eigenvalue weighted by molar-refractivity contribution is 5.89. The summed E-state index contributed by atoms with van der Waals surface area (Å²) >= 11 is 0. The smallest absolute Gasteiger partial charge is 0.306 e. The molecule has 1 saturated heterocycles. The van der Waals surface area contributed by atoms with Crippen LogP contribution >= 0.6 is 0 Å². The Labute approximate surface area is 253 Å². The van der Waals surface area contributed by atoms with Crippen LogP contribution in [-0.2, 0) is 23.9 Å². The van der Waals surface area contributed by atoms with E-state index in [4.69, 9.17) is 9.47 Å². The second kappa shape index (κ2) is 21.6. The summed E-state index contributed by atoms with van der Waals surface area (Å²) in [6.07, 6.45) is 10.4. The highest BCUT2D eigenvalue weighted by atomic mass is 16.5. The summed E-state index contributed by atoms with van der Waals surface area (Å²) < 4.78 is 10.8. The number of allylic oxidation sites excluding steroid dienone is 1. The standard InChI is InChI=1S/C32H58N2O8/c1-6-7-8-9-10-11-12-13-14-15-16-17-27(36)42-24-19-20-25(32(40)34(4)22-24)33-31(39)30(41-5)29(38)28(37)26(35)21-18-23(2)3/h18,21,23-26,28-30,35,37-38H,6-17,19-20,22H2,1-5H3,(H,33,39)/b21-18+/t24-,25-,26+,28-,29+,30+/m0/s1. The van der Waals surface area contributed by atoms with Crippen molar-refractivity contribution < 1.29 is 39.2 Å². The summed E-state index contributed by atoms with van der Waals surface area (Å²) in [6.45, 7) is 6.23. The Morgan fingerprint density at radius 1 is 0.929 bits per heavy atom. The third-order valence-electron chi connectivity index (χ3n) is 7.74. The molecule has 0 aromatic carbocycles. The number of methoxy groups -OCH3 is 1. The van der Waals surface area contributed by atoms with E-state index in [1.54, 1.807) is 13.1 Å². The molecule has 2 amide bonds. The minimum absolute atomic E-state index is 0.122. The van der Waals surface area contributed by atoms with E-state index in [1.807, 2.05) is 13.8 Å². The largest absolute Gasteiger partial charge is 0.460 e. The van der Waals surface area contributed by atoms with Crippen molar-refractivity contribution in [3.05, 3.63) is 12.2 Å². The molecule has 0 unspecified atom stereocenters. The molecular formula is C32H58N2O8. The summed E-state index contributed by atoms with van der Waals surface area (Å²) in [5, 5.41) is 33.6. The van der Waals surface area contributed by atoms with Crippen molar-refractivity contribution in [1.82, 2.24) is 10.2 Å². The molecule has 0 bridgehead atoms. The van der Waals surface area contributed by atoms with E-state index < -0.39 is 42.5 Å². The van der Waals surface area contributed by atoms with E-state index in [2.05, 4.69) is 12.2 Å². The number of carbonyl (C=O) groups excluding carboxylic acids is 3. The molecule has 0 radical (unpaired) electrons. The highest BCUT2D eigenvalue weighted by Crippen LogP contribution is 2.18. The Morgan fingerprint density at radius 3 is 2.05 bits per heavy atom. The maximum absolute atomic E-state index is 12.9. The van der Waals surface area contributed by atoms with Gasteiger partial charge in [-0.05, 0) is 25.2 Å². The first-order valence-electron chi connectivity index (χ1n) is 16.0. The number of nitrogens with zero attached hydrogens (tertiary/aromatic N) is 1. The number of rotatable bonds is 21. The minimum atomic E-state index is -1.73. The lowest BCUT2D eigenvalue weighted by atomic mass is 10.00. The number of aliphatic hydroxyl groups is 3. The van der Waals surface area contributed by atoms with Gasteiger partial charge >= 0.3 is 5.97 Å². The summed E-state index contributed by atoms with van der Waals surface area (Å²) in [6, 6.07) is -0.911. The zero-order chi connectivity index (χ0) is 31.5. The molecule has 0 spiro atoms. The number of unbranched alkanes of at least 4 members (excludes halogenated alkanes) is 10. The summed E-state index contributed by atoms with van der Waals surface area (Å²) in [5.74, 6) is -1.29. The van der Waals surface area contributed by atoms with Crippen molar-refractivity contribution in [3.8, 4) is 0 Å². The van der Waals surface area contributed by atoms with Crippen LogP contribution in [0.2, 0.25) is 0 Å². The van der Waals surface area contributed by atoms with Crippen LogP contribution in [0.4, 0.5) is 0 Å². The maximum atomic E-state index is 12.9. The van der Waals surface area contributed by atoms with Crippen LogP contribution in [0.5, 0.6) is 0 Å². The molecule has 1 aliphatic rings. The normalized spacial score (nSPS) is 20.8. The molecule has 0 aromatic rings. The number of ether oxygens (including phenoxy) is 2. The molecule has 4 N–H and O–H groups in total. The maximum Gasteiger partial charge on any atom is 0.306 e. The average molecular weight is 599 g/mol. The van der Waals surface area contributed by atoms with E-state index in [0.29, 0.717) is 12.8 Å². The second-order valence-corrected chi connectivity index (χ2v) is 12.0. The lowest BCUT2D eigenvalue weighted by Gasteiger charge is -2.28. The summed E-state index contributed by atoms with van der Waals surface area (Å²) in [7, 11) is 2.78. The molecule has 1 fully saturated rings. The topological polar surface area (TPSA) is 146 Å². The third-order valence-corrected chi connectivity index (χ3v) is 7.74. The van der Waals surface area contributed by atoms with Gasteiger partial charge in [-0.25, -0.2) is 0 Å². The van der Waals surface area contributed by atoms with Crippen molar-refractivity contribution in [2.75, 3.05) is 20.7 Å². The number of carbonyl (C=O) groups is 3. The number of aliphatic hydroxyl groups excluding tert-OH is 3. The van der Waals surface area contributed by atoms with Gasteiger partial charge in [0, 0.05) is 20.6 Å². The molecule has 0 saturated carbocycles. The number of likely N-dealkylation sites (tertiary alicyclic amines) is 1. The van der Waals surface area contributed by atoms with Gasteiger partial charge in [-0.15, -0.1) is 0 Å². The van der Waals surface area contributed by atoms with Gasteiger partial charge in [0.2, 0.25) is 5.91 Å². The lowest BCUT2D eigenvalue weighted by Crippen LogP contribution is -2.55. The Morgan fingerprint density at radius 2 is 1.50 bits per heavy atom. The van der Waals surface area contributed by atoms with Crippen molar-refractivity contribution in [2.24, 2.45) is 5.92 Å². The molecule has 6 atom stereocenters. The van der Waals surface area contributed by atoms with E-state index in [9.17, 15) is 29.7 Å². The van der Waals surface area contributed by atoms with Crippen molar-refractivity contribution >= 4 is 17.8 Å². The molecule has 1 rings (SSSR count). The molecule has 1 aliphatic heterocycles. The van der Waals surface area contributed by atoms with Crippen LogP contribution < -0.4 is 5.32 Å². The zero-order valence-corrected chi connectivity index (χ0v) is 26.6. The lowest BCUT2D eigenvalue weighted by molar-refractivity contribution is -0.151. The van der Waals surface area contributed by atoms with Crippen LogP contribution in [0.3, 0.4) is 0 Å². The van der Waals surface area contributed by atoms with Crippen LogP contribution in [0.1, 0.15) is 111 Å². The molecule has 1 heterocycles. The van der Waals surface area contributed by atoms with Crippen LogP contribution in [0, 0.1) is 5.92 Å². The molecular weight excluding hydrogens is 540 g/mol. The first-order chi connectivity index (χ1) is 20.0. The number of esters is 1. The van der Waals surface area contributed by atoms with Gasteiger partial charge in [-0.3, -0.25) is 14.4 Å². The molecule has 10 heteroatoms. The van der Waals surface area contributed by atoms with Gasteiger partial charge < -0.3 is 35.0 Å². The molecule has 0 aromatic heterocycles. The van der Waals surface area contributed by atoms with Gasteiger partial charge in [0.15, 0.2) is 6.10 Å². The van der Waals surface area contributed by atoms with Gasteiger partial charge in [0.1, 0.15) is 30.5 Å². The van der Waals surface area contributed by atoms with E-state index >= 15 is 0 Å². The quantitative estimate of drug-likeness (QED) is 0.0890. The molecule has 10 nitrogen and oxygen atoms in total. The van der Waals surface area contributed by atoms with Crippen LogP contribution in [0.15, 0.2) is 12.2 Å². The highest BCUT2D eigenvalue weighted by Gasteiger charge is 2.38. The Balaban J connectivity index is 2.47. The van der Waals surface area contributed by atoms with E-state index in [0.717, 1.165) is 19.3 Å². The molecule has 244 valence electrons. The monoisotopic (exact) mass is 598 g/mol. The summed E-state index contributed by atoms with van der Waals surface area (Å²) in [5.41, 5.74) is 0. The predicted octanol–water partition coefficient (Wildman–Crippen LogP) is 3.65. The number of hydrogen-bond donors (Lipinski definition) is 4. The second-order valence-electron chi connectivity index (χ2n) is 12.0. The van der Waals surface area contributed by atoms with E-state index in [1.165, 1.54) is 69.5 Å². The fourth-order valence-corrected chi connectivity index (χ4v) is 5.12. The molecule has 0 aliphatic carbocycles. The number of amides is 2. The van der Waals surface area contributed by atoms with Gasteiger partial charge in [-0.2, -0.15) is 0 Å². The van der Waals surface area contributed by atoms with Crippen LogP contribution in [-0.4, -0.2) is 95.3 Å². The number of likely N-dealkylation sites (N-methyl/N-ethyl adjacent to an activating group) is 1. The van der Waals surface area contributed by atoms with Gasteiger partial charge in [0.25, 0.3) is 5.91 Å². The van der Waals surface area contributed by atoms with Crippen molar-refractivity contribution in [3.63, 3.8) is 0 Å². The number of nitrogens with one attached hydrogen (secondary N) is 1. The first-order valence-corrected chi connectivity index (χ1v) is 16.0. The zero-order valence-electron chi connectivity index (χ0n) is 26.6. The fraction of sp³-hybridized carbons (Fsp3) is 0.844. The minimum Gasteiger partial charge on any atom is -0.460 e. The Bertz CT molecular complexity index is 805. The molecule has 42 heavy (non-hydrogen) atoms. The number of hydrogen-bond acceptors (Lipinski definition) is 8. The fourth-order valence-electron chi connectivity index (χ4n) is 5.12. The van der Waals surface area contributed by atoms with Crippen LogP contribution in [0.25, 0.3) is 0 Å². The average Bonchev–Trinajstić information content (AvgIpc) is 3.07. The first kappa shape index (κ1) is 38.0. The van der Waals surface area contributed by atoms with Gasteiger partial charge in [-0.1, -0.05) is 97.1 Å². The Kier molecular flexibility index (Phi) is 19.6. The Hall–Kier alpha value is -2.01. The van der Waals surface area contributed by atoms with Gasteiger partial charge in [0.05, 0.1) is 6.54 Å². The predicted molar refractivity (Wildman–Crippen MR) is 163 cm³/mol.